The molecule has 0 aliphatic carbocycles. The lowest BCUT2D eigenvalue weighted by molar-refractivity contribution is 0.273. The Kier molecular flexibility index (Phi) is 3.41. The minimum atomic E-state index is -0.471. The van der Waals surface area contributed by atoms with Gasteiger partial charge in [0.2, 0.25) is 0 Å². The van der Waals surface area contributed by atoms with Crippen molar-refractivity contribution in [2.45, 2.75) is 6.42 Å². The first-order valence-corrected chi connectivity index (χ1v) is 5.34. The number of H-pyrrole nitrogens is 1. The van der Waals surface area contributed by atoms with E-state index in [2.05, 4.69) is 4.98 Å². The molecule has 0 fully saturated rings. The molecule has 0 spiro atoms. The number of rotatable bonds is 5. The molecule has 0 amide bonds. The molecule has 2 aromatic rings. The number of benzene rings is 1. The first-order chi connectivity index (χ1) is 7.85. The highest BCUT2D eigenvalue weighted by Gasteiger charge is 2.04. The lowest BCUT2D eigenvalue weighted by atomic mass is 10.1. The number of ether oxygens (including phenoxy) is 1. The monoisotopic (exact) mass is 222 g/mol. The molecule has 4 heteroatoms. The van der Waals surface area contributed by atoms with E-state index in [4.69, 9.17) is 10.5 Å². The van der Waals surface area contributed by atoms with Gasteiger partial charge in [0, 0.05) is 17.1 Å². The third-order valence-electron chi connectivity index (χ3n) is 2.50. The van der Waals surface area contributed by atoms with Crippen LogP contribution in [-0.4, -0.2) is 24.8 Å². The molecule has 1 heterocycles. The van der Waals surface area contributed by atoms with Gasteiger partial charge in [-0.05, 0) is 36.7 Å². The average Bonchev–Trinajstić information content (AvgIpc) is 2.70. The van der Waals surface area contributed by atoms with Gasteiger partial charge in [0.1, 0.15) is 19.0 Å². The summed E-state index contributed by atoms with van der Waals surface area (Å²) in [6, 6.07) is 5.69. The smallest absolute Gasteiger partial charge is 0.123 e. The summed E-state index contributed by atoms with van der Waals surface area (Å²) in [5, 5.41) is 1.10. The van der Waals surface area contributed by atoms with Crippen LogP contribution in [0.4, 0.5) is 4.39 Å². The van der Waals surface area contributed by atoms with E-state index < -0.39 is 6.67 Å². The van der Waals surface area contributed by atoms with Crippen LogP contribution in [0.3, 0.4) is 0 Å². The number of hydrogen-bond donors (Lipinski definition) is 2. The number of aromatic nitrogens is 1. The number of hydrogen-bond acceptors (Lipinski definition) is 2. The van der Waals surface area contributed by atoms with Gasteiger partial charge in [0.25, 0.3) is 0 Å². The maximum Gasteiger partial charge on any atom is 0.123 e. The van der Waals surface area contributed by atoms with Gasteiger partial charge in [0.05, 0.1) is 0 Å². The first kappa shape index (κ1) is 11.0. The molecule has 3 N–H and O–H groups in total. The van der Waals surface area contributed by atoms with Crippen LogP contribution in [0.5, 0.6) is 5.75 Å². The molecule has 0 atom stereocenters. The highest BCUT2D eigenvalue weighted by molar-refractivity contribution is 5.84. The summed E-state index contributed by atoms with van der Waals surface area (Å²) in [5.74, 6) is 0.697. The van der Waals surface area contributed by atoms with Crippen LogP contribution in [0, 0.1) is 0 Å². The highest BCUT2D eigenvalue weighted by atomic mass is 19.1. The molecular formula is C12H15FN2O. The molecular weight excluding hydrogens is 207 g/mol. The number of halogens is 1. The molecule has 0 aliphatic rings. The fourth-order valence-electron chi connectivity index (χ4n) is 1.77. The summed E-state index contributed by atoms with van der Waals surface area (Å²) < 4.78 is 17.2. The average molecular weight is 222 g/mol. The predicted molar refractivity (Wildman–Crippen MR) is 62.5 cm³/mol. The number of aromatic amines is 1. The van der Waals surface area contributed by atoms with Gasteiger partial charge in [-0.25, -0.2) is 4.39 Å². The van der Waals surface area contributed by atoms with E-state index in [1.165, 1.54) is 5.56 Å². The van der Waals surface area contributed by atoms with Crippen molar-refractivity contribution in [3.63, 3.8) is 0 Å². The van der Waals surface area contributed by atoms with Crippen molar-refractivity contribution in [1.82, 2.24) is 4.98 Å². The summed E-state index contributed by atoms with van der Waals surface area (Å²) >= 11 is 0. The van der Waals surface area contributed by atoms with Crippen LogP contribution in [0.15, 0.2) is 24.4 Å². The van der Waals surface area contributed by atoms with Gasteiger partial charge in [-0.3, -0.25) is 0 Å². The fraction of sp³-hybridized carbons (Fsp3) is 0.333. The number of nitrogens with one attached hydrogen (secondary N) is 1. The molecule has 1 aromatic carbocycles. The quantitative estimate of drug-likeness (QED) is 0.813. The molecule has 0 saturated heterocycles. The van der Waals surface area contributed by atoms with Crippen molar-refractivity contribution in [1.29, 1.82) is 0 Å². The third kappa shape index (κ3) is 2.17. The lowest BCUT2D eigenvalue weighted by Gasteiger charge is -2.04. The molecule has 3 nitrogen and oxygen atoms in total. The second kappa shape index (κ2) is 4.99. The molecule has 0 saturated carbocycles. The topological polar surface area (TPSA) is 51.0 Å². The number of fused-ring (bicyclic) bond motifs is 1. The van der Waals surface area contributed by atoms with Crippen molar-refractivity contribution in [3.05, 3.63) is 30.0 Å². The third-order valence-corrected chi connectivity index (χ3v) is 2.50. The number of nitrogens with two attached hydrogens (primary N) is 1. The Morgan fingerprint density at radius 2 is 2.25 bits per heavy atom. The molecule has 86 valence electrons. The zero-order valence-corrected chi connectivity index (χ0v) is 9.00. The van der Waals surface area contributed by atoms with Crippen molar-refractivity contribution >= 4 is 10.9 Å². The Morgan fingerprint density at radius 3 is 3.00 bits per heavy atom. The fourth-order valence-corrected chi connectivity index (χ4v) is 1.77. The van der Waals surface area contributed by atoms with Gasteiger partial charge in [-0.1, -0.05) is 0 Å². The largest absolute Gasteiger partial charge is 0.491 e. The predicted octanol–water partition coefficient (Wildman–Crippen LogP) is 2.02. The SMILES string of the molecule is NCCc1c[nH]c2ccc(OCCF)cc12. The lowest BCUT2D eigenvalue weighted by Crippen LogP contribution is -2.02. The van der Waals surface area contributed by atoms with Crippen LogP contribution in [0.1, 0.15) is 5.56 Å². The van der Waals surface area contributed by atoms with Crippen LogP contribution < -0.4 is 10.5 Å². The molecule has 0 bridgehead atoms. The Labute approximate surface area is 93.4 Å². The van der Waals surface area contributed by atoms with Crippen molar-refractivity contribution in [3.8, 4) is 5.75 Å². The van der Waals surface area contributed by atoms with Crippen LogP contribution in [0.25, 0.3) is 10.9 Å². The van der Waals surface area contributed by atoms with Gasteiger partial charge in [0.15, 0.2) is 0 Å². The van der Waals surface area contributed by atoms with E-state index in [-0.39, 0.29) is 6.61 Å². The summed E-state index contributed by atoms with van der Waals surface area (Å²) in [5.41, 5.74) is 7.76. The van der Waals surface area contributed by atoms with E-state index in [0.717, 1.165) is 17.3 Å². The Hall–Kier alpha value is -1.55. The van der Waals surface area contributed by atoms with Gasteiger partial charge in [-0.15, -0.1) is 0 Å². The summed E-state index contributed by atoms with van der Waals surface area (Å²) in [6.07, 6.45) is 2.78. The van der Waals surface area contributed by atoms with Gasteiger partial charge in [-0.2, -0.15) is 0 Å². The molecule has 1 aromatic heterocycles. The zero-order chi connectivity index (χ0) is 11.4. The standard InChI is InChI=1S/C12H15FN2O/c13-4-6-16-10-1-2-12-11(7-10)9(3-5-14)8-15-12/h1-2,7-8,15H,3-6,14H2. The molecule has 0 aliphatic heterocycles. The van der Waals surface area contributed by atoms with Crippen LogP contribution in [-0.2, 0) is 6.42 Å². The molecule has 2 rings (SSSR count). The Morgan fingerprint density at radius 1 is 1.38 bits per heavy atom. The van der Waals surface area contributed by atoms with E-state index in [9.17, 15) is 4.39 Å². The van der Waals surface area contributed by atoms with Crippen molar-refractivity contribution in [2.24, 2.45) is 5.73 Å². The number of alkyl halides is 1. The van der Waals surface area contributed by atoms with Crippen molar-refractivity contribution in [2.75, 3.05) is 19.8 Å². The normalized spacial score (nSPS) is 10.9. The van der Waals surface area contributed by atoms with Gasteiger partial charge < -0.3 is 15.5 Å². The van der Waals surface area contributed by atoms with Gasteiger partial charge >= 0.3 is 0 Å². The Bertz CT molecular complexity index is 467. The maximum atomic E-state index is 12.0. The molecule has 0 radical (unpaired) electrons. The Balaban J connectivity index is 2.30. The van der Waals surface area contributed by atoms with Crippen LogP contribution in [0.2, 0.25) is 0 Å². The van der Waals surface area contributed by atoms with E-state index in [1.54, 1.807) is 0 Å². The summed E-state index contributed by atoms with van der Waals surface area (Å²) in [6.45, 7) is 0.242. The second-order valence-electron chi connectivity index (χ2n) is 3.60. The minimum absolute atomic E-state index is 0.0994. The second-order valence-corrected chi connectivity index (χ2v) is 3.60. The van der Waals surface area contributed by atoms with E-state index in [1.807, 2.05) is 24.4 Å². The maximum absolute atomic E-state index is 12.0. The molecule has 16 heavy (non-hydrogen) atoms. The van der Waals surface area contributed by atoms with E-state index in [0.29, 0.717) is 12.3 Å². The highest BCUT2D eigenvalue weighted by Crippen LogP contribution is 2.23. The first-order valence-electron chi connectivity index (χ1n) is 5.34. The zero-order valence-electron chi connectivity index (χ0n) is 9.00. The summed E-state index contributed by atoms with van der Waals surface area (Å²) in [4.78, 5) is 3.17. The summed E-state index contributed by atoms with van der Waals surface area (Å²) in [7, 11) is 0. The molecule has 0 unspecified atom stereocenters. The van der Waals surface area contributed by atoms with E-state index >= 15 is 0 Å². The minimum Gasteiger partial charge on any atom is -0.491 e. The van der Waals surface area contributed by atoms with Crippen LogP contribution >= 0.6 is 0 Å². The van der Waals surface area contributed by atoms with Crippen molar-refractivity contribution < 1.29 is 9.13 Å².